The first-order valence-electron chi connectivity index (χ1n) is 6.03. The van der Waals surface area contributed by atoms with E-state index in [2.05, 4.69) is 21.8 Å². The molecule has 0 aliphatic rings. The molecular formula is C12H20ClN3OS. The second kappa shape index (κ2) is 6.48. The van der Waals surface area contributed by atoms with Crippen molar-refractivity contribution in [1.82, 2.24) is 14.9 Å². The van der Waals surface area contributed by atoms with Gasteiger partial charge >= 0.3 is 0 Å². The zero-order valence-electron chi connectivity index (χ0n) is 11.3. The average molecular weight is 290 g/mol. The summed E-state index contributed by atoms with van der Waals surface area (Å²) in [6, 6.07) is 0. The lowest BCUT2D eigenvalue weighted by Gasteiger charge is -2.16. The summed E-state index contributed by atoms with van der Waals surface area (Å²) in [5, 5.41) is 6.97. The Kier molecular flexibility index (Phi) is 5.53. The fourth-order valence-electron chi connectivity index (χ4n) is 1.47. The smallest absolute Gasteiger partial charge is 0.264 e. The molecule has 0 fully saturated rings. The van der Waals surface area contributed by atoms with Crippen molar-refractivity contribution in [3.8, 4) is 0 Å². The molecule has 1 unspecified atom stereocenters. The fourth-order valence-corrected chi connectivity index (χ4v) is 2.63. The molecule has 0 aliphatic carbocycles. The monoisotopic (exact) mass is 289 g/mol. The van der Waals surface area contributed by atoms with Crippen molar-refractivity contribution < 1.29 is 4.79 Å². The second-order valence-electron chi connectivity index (χ2n) is 5.49. The number of rotatable bonds is 5. The lowest BCUT2D eigenvalue weighted by Crippen LogP contribution is -2.30. The average Bonchev–Trinajstić information content (AvgIpc) is 2.74. The standard InChI is InChI=1S/C12H20ClN3OS/c1-8(5-6-13)7-14-11(17)9-10(12(2,3)4)15-16-18-9/h8H,5-7H2,1-4H3,(H,14,17). The van der Waals surface area contributed by atoms with E-state index in [1.807, 2.05) is 20.8 Å². The van der Waals surface area contributed by atoms with Crippen LogP contribution in [0, 0.1) is 5.92 Å². The molecule has 6 heteroatoms. The van der Waals surface area contributed by atoms with Crippen molar-refractivity contribution >= 4 is 29.0 Å². The molecule has 1 rings (SSSR count). The van der Waals surface area contributed by atoms with Crippen LogP contribution in [0.15, 0.2) is 0 Å². The number of hydrogen-bond donors (Lipinski definition) is 1. The van der Waals surface area contributed by atoms with Crippen LogP contribution in [0.5, 0.6) is 0 Å². The molecule has 0 saturated heterocycles. The van der Waals surface area contributed by atoms with Crippen LogP contribution in [-0.2, 0) is 5.41 Å². The number of nitrogens with one attached hydrogen (secondary N) is 1. The maximum Gasteiger partial charge on any atom is 0.264 e. The molecule has 0 aromatic carbocycles. The van der Waals surface area contributed by atoms with Gasteiger partial charge < -0.3 is 5.32 Å². The Morgan fingerprint density at radius 1 is 1.50 bits per heavy atom. The molecule has 18 heavy (non-hydrogen) atoms. The van der Waals surface area contributed by atoms with Crippen LogP contribution >= 0.6 is 23.1 Å². The van der Waals surface area contributed by atoms with Crippen LogP contribution in [0.2, 0.25) is 0 Å². The molecule has 1 aromatic rings. The number of halogens is 1. The molecule has 0 saturated carbocycles. The molecular weight excluding hydrogens is 270 g/mol. The molecule has 0 aliphatic heterocycles. The second-order valence-corrected chi connectivity index (χ2v) is 6.63. The quantitative estimate of drug-likeness (QED) is 0.848. The third-order valence-corrected chi connectivity index (χ3v) is 3.56. The molecule has 1 N–H and O–H groups in total. The summed E-state index contributed by atoms with van der Waals surface area (Å²) in [6.07, 6.45) is 0.898. The van der Waals surface area contributed by atoms with Crippen LogP contribution in [0.4, 0.5) is 0 Å². The number of carbonyl (C=O) groups excluding carboxylic acids is 1. The Balaban J connectivity index is 2.65. The van der Waals surface area contributed by atoms with E-state index < -0.39 is 0 Å². The van der Waals surface area contributed by atoms with E-state index in [1.165, 1.54) is 0 Å². The van der Waals surface area contributed by atoms with Gasteiger partial charge in [0.2, 0.25) is 0 Å². The van der Waals surface area contributed by atoms with E-state index in [-0.39, 0.29) is 11.3 Å². The minimum absolute atomic E-state index is 0.0867. The summed E-state index contributed by atoms with van der Waals surface area (Å²) in [5.41, 5.74) is 0.594. The van der Waals surface area contributed by atoms with Crippen LogP contribution in [0.1, 0.15) is 49.5 Å². The number of nitrogens with zero attached hydrogens (tertiary/aromatic N) is 2. The predicted octanol–water partition coefficient (Wildman–Crippen LogP) is 2.83. The minimum atomic E-state index is -0.165. The van der Waals surface area contributed by atoms with Crippen LogP contribution in [0.25, 0.3) is 0 Å². The van der Waals surface area contributed by atoms with Crippen LogP contribution < -0.4 is 5.32 Å². The van der Waals surface area contributed by atoms with Gasteiger partial charge in [-0.05, 0) is 23.9 Å². The molecule has 4 nitrogen and oxygen atoms in total. The summed E-state index contributed by atoms with van der Waals surface area (Å²) in [4.78, 5) is 12.7. The summed E-state index contributed by atoms with van der Waals surface area (Å²) < 4.78 is 3.88. The number of alkyl halides is 1. The first-order chi connectivity index (χ1) is 8.36. The lowest BCUT2D eigenvalue weighted by atomic mass is 9.91. The maximum atomic E-state index is 12.1. The van der Waals surface area contributed by atoms with Crippen molar-refractivity contribution in [2.24, 2.45) is 5.92 Å². The molecule has 102 valence electrons. The molecule has 1 aromatic heterocycles. The number of carbonyl (C=O) groups is 1. The van der Waals surface area contributed by atoms with Gasteiger partial charge in [-0.25, -0.2) is 0 Å². The van der Waals surface area contributed by atoms with Gasteiger partial charge in [0.05, 0.1) is 5.69 Å². The number of aromatic nitrogens is 2. The van der Waals surface area contributed by atoms with E-state index in [4.69, 9.17) is 11.6 Å². The summed E-state index contributed by atoms with van der Waals surface area (Å²) >= 11 is 6.82. The Morgan fingerprint density at radius 2 is 2.17 bits per heavy atom. The minimum Gasteiger partial charge on any atom is -0.351 e. The Bertz CT molecular complexity index is 400. The van der Waals surface area contributed by atoms with Gasteiger partial charge in [-0.3, -0.25) is 4.79 Å². The predicted molar refractivity (Wildman–Crippen MR) is 75.4 cm³/mol. The highest BCUT2D eigenvalue weighted by atomic mass is 35.5. The van der Waals surface area contributed by atoms with Crippen molar-refractivity contribution in [3.05, 3.63) is 10.6 Å². The lowest BCUT2D eigenvalue weighted by molar-refractivity contribution is 0.0949. The number of amides is 1. The van der Waals surface area contributed by atoms with Crippen LogP contribution in [0.3, 0.4) is 0 Å². The van der Waals surface area contributed by atoms with Crippen molar-refractivity contribution in [3.63, 3.8) is 0 Å². The highest BCUT2D eigenvalue weighted by Gasteiger charge is 2.26. The SMILES string of the molecule is CC(CCCl)CNC(=O)c1snnc1C(C)(C)C. The first kappa shape index (κ1) is 15.4. The largest absolute Gasteiger partial charge is 0.351 e. The van der Waals surface area contributed by atoms with Gasteiger partial charge in [0, 0.05) is 17.8 Å². The zero-order valence-corrected chi connectivity index (χ0v) is 12.9. The topological polar surface area (TPSA) is 54.9 Å². The highest BCUT2D eigenvalue weighted by molar-refractivity contribution is 7.08. The normalized spacial score (nSPS) is 13.4. The van der Waals surface area contributed by atoms with E-state index in [1.54, 1.807) is 0 Å². The molecule has 1 heterocycles. The summed E-state index contributed by atoms with van der Waals surface area (Å²) in [5.74, 6) is 0.911. The Labute approximate surface area is 117 Å². The third-order valence-electron chi connectivity index (χ3n) is 2.62. The van der Waals surface area contributed by atoms with E-state index >= 15 is 0 Å². The number of hydrogen-bond acceptors (Lipinski definition) is 4. The van der Waals surface area contributed by atoms with Gasteiger partial charge in [-0.2, -0.15) is 0 Å². The summed E-state index contributed by atoms with van der Waals surface area (Å²) in [7, 11) is 0. The van der Waals surface area contributed by atoms with Gasteiger partial charge in [0.1, 0.15) is 4.88 Å². The summed E-state index contributed by atoms with van der Waals surface area (Å²) in [6.45, 7) is 8.77. The Hall–Kier alpha value is -0.680. The maximum absolute atomic E-state index is 12.1. The molecule has 1 atom stereocenters. The molecule has 0 spiro atoms. The van der Waals surface area contributed by atoms with E-state index in [9.17, 15) is 4.79 Å². The molecule has 1 amide bonds. The fraction of sp³-hybridized carbons (Fsp3) is 0.750. The molecule has 0 bridgehead atoms. The Morgan fingerprint density at radius 3 is 2.72 bits per heavy atom. The third kappa shape index (κ3) is 4.21. The van der Waals surface area contributed by atoms with Crippen molar-refractivity contribution in [2.75, 3.05) is 12.4 Å². The van der Waals surface area contributed by atoms with Gasteiger partial charge in [-0.15, -0.1) is 16.7 Å². The van der Waals surface area contributed by atoms with E-state index in [0.717, 1.165) is 23.6 Å². The molecule has 0 radical (unpaired) electrons. The zero-order chi connectivity index (χ0) is 13.8. The van der Waals surface area contributed by atoms with Gasteiger partial charge in [0.25, 0.3) is 5.91 Å². The van der Waals surface area contributed by atoms with Gasteiger partial charge in [0.15, 0.2) is 0 Å². The van der Waals surface area contributed by atoms with Gasteiger partial charge in [-0.1, -0.05) is 32.2 Å². The van der Waals surface area contributed by atoms with Crippen LogP contribution in [-0.4, -0.2) is 27.9 Å². The first-order valence-corrected chi connectivity index (χ1v) is 7.34. The van der Waals surface area contributed by atoms with E-state index in [0.29, 0.717) is 23.2 Å². The highest BCUT2D eigenvalue weighted by Crippen LogP contribution is 2.25. The van der Waals surface area contributed by atoms with Crippen molar-refractivity contribution in [1.29, 1.82) is 0 Å². The van der Waals surface area contributed by atoms with Crippen molar-refractivity contribution in [2.45, 2.75) is 39.5 Å².